The van der Waals surface area contributed by atoms with Crippen molar-refractivity contribution in [2.24, 2.45) is 5.41 Å². The topological polar surface area (TPSA) is 46.2 Å². The first-order chi connectivity index (χ1) is 8.88. The molecule has 0 radical (unpaired) electrons. The number of nitrogens with one attached hydrogen (secondary N) is 1. The van der Waals surface area contributed by atoms with E-state index in [1.807, 2.05) is 0 Å². The van der Waals surface area contributed by atoms with E-state index < -0.39 is 10.0 Å². The highest BCUT2D eigenvalue weighted by atomic mass is 79.9. The fraction of sp³-hybridized carbons (Fsp3) is 0.636. The van der Waals surface area contributed by atoms with Gasteiger partial charge in [0.25, 0.3) is 0 Å². The number of sulfonamides is 1. The molecule has 1 aromatic heterocycles. The third-order valence-electron chi connectivity index (χ3n) is 3.47. The molecule has 0 amide bonds. The molecule has 0 aromatic carbocycles. The van der Waals surface area contributed by atoms with E-state index in [-0.39, 0.29) is 9.62 Å². The highest BCUT2D eigenvalue weighted by Crippen LogP contribution is 2.40. The Labute approximate surface area is 139 Å². The van der Waals surface area contributed by atoms with Gasteiger partial charge in [0.15, 0.2) is 0 Å². The Morgan fingerprint density at radius 1 is 1.42 bits per heavy atom. The van der Waals surface area contributed by atoms with Gasteiger partial charge in [0.05, 0.1) is 8.81 Å². The molecule has 0 bridgehead atoms. The zero-order chi connectivity index (χ0) is 14.1. The maximum Gasteiger partial charge on any atom is 0.250 e. The molecule has 3 nitrogen and oxygen atoms in total. The number of thiophene rings is 1. The first-order valence-electron chi connectivity index (χ1n) is 5.89. The number of hydrogen-bond acceptors (Lipinski definition) is 3. The first-order valence-corrected chi connectivity index (χ1v) is 10.5. The van der Waals surface area contributed by atoms with E-state index in [2.05, 4.69) is 36.6 Å². The van der Waals surface area contributed by atoms with Crippen molar-refractivity contribution < 1.29 is 8.42 Å². The predicted octanol–water partition coefficient (Wildman–Crippen LogP) is 4.40. The summed E-state index contributed by atoms with van der Waals surface area (Å²) >= 11 is 13.8. The van der Waals surface area contributed by atoms with E-state index >= 15 is 0 Å². The normalized spacial score (nSPS) is 18.9. The minimum Gasteiger partial charge on any atom is -0.210 e. The van der Waals surface area contributed by atoms with Crippen LogP contribution in [0.1, 0.15) is 25.7 Å². The molecule has 1 saturated carbocycles. The first kappa shape index (κ1) is 16.2. The summed E-state index contributed by atoms with van der Waals surface area (Å²) < 4.78 is 28.1. The molecule has 0 saturated heterocycles. The third kappa shape index (κ3) is 3.74. The lowest BCUT2D eigenvalue weighted by molar-refractivity contribution is 0.348. The van der Waals surface area contributed by atoms with Gasteiger partial charge in [-0.1, -0.05) is 40.4 Å². The van der Waals surface area contributed by atoms with Crippen molar-refractivity contribution in [3.05, 3.63) is 14.9 Å². The van der Waals surface area contributed by atoms with E-state index in [0.29, 0.717) is 15.4 Å². The summed E-state index contributed by atoms with van der Waals surface area (Å²) in [5, 5.41) is 1.26. The van der Waals surface area contributed by atoms with Gasteiger partial charge in [-0.15, -0.1) is 11.3 Å². The third-order valence-corrected chi connectivity index (χ3v) is 9.01. The van der Waals surface area contributed by atoms with Crippen LogP contribution >= 0.6 is 54.8 Å². The molecule has 8 heteroatoms. The van der Waals surface area contributed by atoms with Crippen LogP contribution < -0.4 is 4.72 Å². The molecule has 0 aliphatic heterocycles. The van der Waals surface area contributed by atoms with Crippen LogP contribution in [0.25, 0.3) is 0 Å². The smallest absolute Gasteiger partial charge is 0.210 e. The summed E-state index contributed by atoms with van der Waals surface area (Å²) in [6.07, 6.45) is 4.47. The quantitative estimate of drug-likeness (QED) is 0.675. The van der Waals surface area contributed by atoms with Crippen molar-refractivity contribution in [1.29, 1.82) is 0 Å². The minimum absolute atomic E-state index is 0.0609. The van der Waals surface area contributed by atoms with E-state index in [1.165, 1.54) is 18.9 Å². The average Bonchev–Trinajstić information content (AvgIpc) is 2.96. The van der Waals surface area contributed by atoms with Gasteiger partial charge >= 0.3 is 0 Å². The summed E-state index contributed by atoms with van der Waals surface area (Å²) in [7, 11) is -3.46. The van der Waals surface area contributed by atoms with E-state index in [0.717, 1.165) is 29.5 Å². The molecule has 1 N–H and O–H groups in total. The number of hydrogen-bond donors (Lipinski definition) is 1. The van der Waals surface area contributed by atoms with Gasteiger partial charge in [-0.2, -0.15) is 0 Å². The maximum atomic E-state index is 12.2. The summed E-state index contributed by atoms with van der Waals surface area (Å²) in [6.45, 7) is 0.480. The number of alkyl halides is 1. The Kier molecular flexibility index (Phi) is 5.40. The van der Waals surface area contributed by atoms with Crippen molar-refractivity contribution in [2.75, 3.05) is 11.9 Å². The van der Waals surface area contributed by atoms with Gasteiger partial charge in [-0.3, -0.25) is 0 Å². The monoisotopic (exact) mass is 449 g/mol. The Morgan fingerprint density at radius 2 is 2.05 bits per heavy atom. The molecule has 0 spiro atoms. The number of rotatable bonds is 5. The average molecular weight is 452 g/mol. The molecule has 1 aromatic rings. The van der Waals surface area contributed by atoms with Crippen LogP contribution in [0.15, 0.2) is 14.1 Å². The molecule has 0 unspecified atom stereocenters. The van der Waals surface area contributed by atoms with Gasteiger partial charge in [0, 0.05) is 11.9 Å². The molecule has 1 aliphatic carbocycles. The van der Waals surface area contributed by atoms with Gasteiger partial charge in [-0.05, 0) is 40.3 Å². The zero-order valence-corrected chi connectivity index (χ0v) is 15.6. The van der Waals surface area contributed by atoms with Gasteiger partial charge < -0.3 is 0 Å². The molecule has 2 rings (SSSR count). The zero-order valence-electron chi connectivity index (χ0n) is 10.1. The highest BCUT2D eigenvalue weighted by molar-refractivity contribution is 9.11. The Morgan fingerprint density at radius 3 is 2.53 bits per heavy atom. The molecule has 1 aliphatic rings. The van der Waals surface area contributed by atoms with Crippen molar-refractivity contribution in [3.63, 3.8) is 0 Å². The number of halogens is 3. The van der Waals surface area contributed by atoms with Crippen LogP contribution in [0.2, 0.25) is 5.02 Å². The van der Waals surface area contributed by atoms with Gasteiger partial charge in [0.2, 0.25) is 10.0 Å². The Hall–Kier alpha value is 0.860. The molecular formula is C11H14Br2ClNO2S2. The maximum absolute atomic E-state index is 12.2. The van der Waals surface area contributed by atoms with Crippen molar-refractivity contribution in [3.8, 4) is 0 Å². The lowest BCUT2D eigenvalue weighted by atomic mass is 9.89. The Bertz CT molecular complexity index is 534. The van der Waals surface area contributed by atoms with Crippen molar-refractivity contribution in [2.45, 2.75) is 29.9 Å². The van der Waals surface area contributed by atoms with E-state index in [9.17, 15) is 8.42 Å². The second-order valence-corrected chi connectivity index (χ2v) is 10.2. The minimum atomic E-state index is -3.46. The molecule has 1 heterocycles. The van der Waals surface area contributed by atoms with Crippen LogP contribution in [0.4, 0.5) is 0 Å². The highest BCUT2D eigenvalue weighted by Gasteiger charge is 2.34. The largest absolute Gasteiger partial charge is 0.250 e. The van der Waals surface area contributed by atoms with E-state index in [1.54, 1.807) is 0 Å². The van der Waals surface area contributed by atoms with E-state index in [4.69, 9.17) is 11.6 Å². The van der Waals surface area contributed by atoms with Crippen LogP contribution in [0.3, 0.4) is 0 Å². The second kappa shape index (κ2) is 6.32. The molecule has 19 heavy (non-hydrogen) atoms. The SMILES string of the molecule is O=S(=O)(NCC1(CBr)CCCC1)c1cc(Cl)c(Br)s1. The Balaban J connectivity index is 2.09. The molecular weight excluding hydrogens is 438 g/mol. The molecule has 108 valence electrons. The van der Waals surface area contributed by atoms with Crippen LogP contribution in [-0.2, 0) is 10.0 Å². The molecule has 1 fully saturated rings. The fourth-order valence-electron chi connectivity index (χ4n) is 2.26. The second-order valence-electron chi connectivity index (χ2n) is 4.85. The molecule has 0 atom stereocenters. The predicted molar refractivity (Wildman–Crippen MR) is 86.9 cm³/mol. The van der Waals surface area contributed by atoms with Crippen LogP contribution in [-0.4, -0.2) is 20.3 Å². The summed E-state index contributed by atoms with van der Waals surface area (Å²) in [5.74, 6) is 0. The van der Waals surface area contributed by atoms with Gasteiger partial charge in [-0.25, -0.2) is 13.1 Å². The summed E-state index contributed by atoms with van der Waals surface area (Å²) in [6, 6.07) is 1.48. The van der Waals surface area contributed by atoms with Crippen LogP contribution in [0.5, 0.6) is 0 Å². The standard InChI is InChI=1S/C11H14Br2ClNO2S2/c12-6-11(3-1-2-4-11)7-15-19(16,17)9-5-8(14)10(13)18-9/h5,15H,1-4,6-7H2. The van der Waals surface area contributed by atoms with Crippen molar-refractivity contribution >= 4 is 64.8 Å². The lowest BCUT2D eigenvalue weighted by Crippen LogP contribution is -2.36. The fourth-order valence-corrected chi connectivity index (χ4v) is 6.62. The summed E-state index contributed by atoms with van der Waals surface area (Å²) in [4.78, 5) is 0. The lowest BCUT2D eigenvalue weighted by Gasteiger charge is -2.26. The summed E-state index contributed by atoms with van der Waals surface area (Å²) in [5.41, 5.74) is 0.0609. The van der Waals surface area contributed by atoms with Crippen LogP contribution in [0, 0.1) is 5.41 Å². The van der Waals surface area contributed by atoms with Crippen molar-refractivity contribution in [1.82, 2.24) is 4.72 Å². The van der Waals surface area contributed by atoms with Gasteiger partial charge in [0.1, 0.15) is 4.21 Å².